The number of methoxy groups -OCH3 is 1. The van der Waals surface area contributed by atoms with Gasteiger partial charge in [-0.15, -0.1) is 0 Å². The van der Waals surface area contributed by atoms with Crippen molar-refractivity contribution >= 4 is 37.6 Å². The first-order chi connectivity index (χ1) is 14.3. The van der Waals surface area contributed by atoms with Gasteiger partial charge in [0.15, 0.2) is 9.84 Å². The van der Waals surface area contributed by atoms with Gasteiger partial charge >= 0.3 is 0 Å². The van der Waals surface area contributed by atoms with E-state index in [1.54, 1.807) is 43.5 Å². The van der Waals surface area contributed by atoms with Gasteiger partial charge in [0, 0.05) is 36.2 Å². The zero-order chi connectivity index (χ0) is 21.5. The number of hydrogen-bond donors (Lipinski definition) is 1. The van der Waals surface area contributed by atoms with Gasteiger partial charge in [0.2, 0.25) is 5.91 Å². The van der Waals surface area contributed by atoms with Crippen LogP contribution in [0.2, 0.25) is 0 Å². The van der Waals surface area contributed by atoms with E-state index in [0.29, 0.717) is 18.7 Å². The van der Waals surface area contributed by atoms with Crippen LogP contribution in [0.4, 0.5) is 0 Å². The molecule has 4 rings (SSSR count). The summed E-state index contributed by atoms with van der Waals surface area (Å²) in [5.41, 5.74) is 9.73. The Hall–Kier alpha value is -3.16. The lowest BCUT2D eigenvalue weighted by Crippen LogP contribution is -2.11. The Balaban J connectivity index is 1.93. The Bertz CT molecular complexity index is 1370. The highest BCUT2D eigenvalue weighted by molar-refractivity contribution is 7.90. The standard InChI is InChI=1S/C23H21N2O4S/c1-29-14-16-8-11-18-21(12-16)25(20-5-3-4-19(22(18)20)23(24)26)13-15-6-9-17(10-7-15)30(2,27)28/h3-10,12H,13-14H2,1-2H3,(H2,24,26). The van der Waals surface area contributed by atoms with Crippen molar-refractivity contribution < 1.29 is 17.9 Å². The Kier molecular flexibility index (Phi) is 5.09. The number of rotatable bonds is 6. The Labute approximate surface area is 174 Å². The summed E-state index contributed by atoms with van der Waals surface area (Å²) in [7, 11) is -1.62. The van der Waals surface area contributed by atoms with Crippen LogP contribution in [0.15, 0.2) is 59.5 Å². The number of fused-ring (bicyclic) bond motifs is 3. The molecule has 1 amide bonds. The van der Waals surface area contributed by atoms with Gasteiger partial charge in [0.05, 0.1) is 22.5 Å². The molecule has 4 aromatic rings. The lowest BCUT2D eigenvalue weighted by Gasteiger charge is -2.10. The van der Waals surface area contributed by atoms with Gasteiger partial charge in [-0.05, 0) is 53.6 Å². The molecule has 0 saturated carbocycles. The molecule has 3 aromatic carbocycles. The van der Waals surface area contributed by atoms with Crippen LogP contribution < -0.4 is 5.73 Å². The molecule has 0 bridgehead atoms. The number of benzene rings is 3. The summed E-state index contributed by atoms with van der Waals surface area (Å²) in [6, 6.07) is 19.4. The van der Waals surface area contributed by atoms with E-state index in [1.807, 2.05) is 18.2 Å². The SMILES string of the molecule is COCc1c[c]c2c3c(C(N)=O)cccc3n(Cc3ccc(S(C)(=O)=O)cc3)c2c1. The van der Waals surface area contributed by atoms with Crippen LogP contribution in [0.25, 0.3) is 21.8 Å². The van der Waals surface area contributed by atoms with Crippen molar-refractivity contribution in [2.45, 2.75) is 18.0 Å². The van der Waals surface area contributed by atoms with Crippen molar-refractivity contribution in [3.8, 4) is 0 Å². The van der Waals surface area contributed by atoms with Crippen LogP contribution in [0.5, 0.6) is 0 Å². The van der Waals surface area contributed by atoms with E-state index < -0.39 is 15.7 Å². The van der Waals surface area contributed by atoms with Crippen molar-refractivity contribution in [3.63, 3.8) is 0 Å². The zero-order valence-electron chi connectivity index (χ0n) is 16.7. The number of nitrogens with two attached hydrogens (primary N) is 1. The van der Waals surface area contributed by atoms with Gasteiger partial charge in [0.1, 0.15) is 0 Å². The monoisotopic (exact) mass is 421 g/mol. The molecule has 30 heavy (non-hydrogen) atoms. The van der Waals surface area contributed by atoms with E-state index in [4.69, 9.17) is 10.5 Å². The van der Waals surface area contributed by atoms with Crippen LogP contribution in [-0.4, -0.2) is 32.3 Å². The number of ether oxygens (including phenoxy) is 1. The largest absolute Gasteiger partial charge is 0.380 e. The third-order valence-electron chi connectivity index (χ3n) is 5.12. The zero-order valence-corrected chi connectivity index (χ0v) is 17.5. The minimum Gasteiger partial charge on any atom is -0.380 e. The van der Waals surface area contributed by atoms with E-state index in [0.717, 1.165) is 32.9 Å². The molecule has 0 saturated heterocycles. The number of nitrogens with zero attached hydrogens (tertiary/aromatic N) is 1. The lowest BCUT2D eigenvalue weighted by atomic mass is 10.0. The van der Waals surface area contributed by atoms with Gasteiger partial charge in [-0.1, -0.05) is 18.2 Å². The molecule has 6 nitrogen and oxygen atoms in total. The first kappa shape index (κ1) is 20.1. The molecule has 1 aromatic heterocycles. The van der Waals surface area contributed by atoms with Gasteiger partial charge in [-0.2, -0.15) is 0 Å². The molecule has 0 fully saturated rings. The Morgan fingerprint density at radius 1 is 1.10 bits per heavy atom. The van der Waals surface area contributed by atoms with Crippen LogP contribution in [0, 0.1) is 6.07 Å². The number of primary amides is 1. The highest BCUT2D eigenvalue weighted by Gasteiger charge is 2.17. The third-order valence-corrected chi connectivity index (χ3v) is 6.25. The fraction of sp³-hybridized carbons (Fsp3) is 0.174. The highest BCUT2D eigenvalue weighted by atomic mass is 32.2. The minimum absolute atomic E-state index is 0.278. The summed E-state index contributed by atoms with van der Waals surface area (Å²) in [5.74, 6) is -0.494. The molecular formula is C23H21N2O4S. The summed E-state index contributed by atoms with van der Waals surface area (Å²) < 4.78 is 30.8. The highest BCUT2D eigenvalue weighted by Crippen LogP contribution is 2.33. The van der Waals surface area contributed by atoms with E-state index in [1.165, 1.54) is 6.26 Å². The van der Waals surface area contributed by atoms with Crippen molar-refractivity contribution in [1.29, 1.82) is 0 Å². The average molecular weight is 421 g/mol. The predicted molar refractivity (Wildman–Crippen MR) is 116 cm³/mol. The maximum Gasteiger partial charge on any atom is 0.249 e. The van der Waals surface area contributed by atoms with Crippen LogP contribution in [-0.2, 0) is 27.7 Å². The number of carbonyl (C=O) groups is 1. The first-order valence-electron chi connectivity index (χ1n) is 9.33. The van der Waals surface area contributed by atoms with Crippen molar-refractivity contribution in [3.05, 3.63) is 77.4 Å². The van der Waals surface area contributed by atoms with Gasteiger partial charge < -0.3 is 15.0 Å². The minimum atomic E-state index is -3.26. The van der Waals surface area contributed by atoms with Crippen LogP contribution >= 0.6 is 0 Å². The molecule has 2 N–H and O–H groups in total. The molecule has 0 aliphatic rings. The van der Waals surface area contributed by atoms with Gasteiger partial charge in [0.25, 0.3) is 0 Å². The Morgan fingerprint density at radius 2 is 1.83 bits per heavy atom. The molecular weight excluding hydrogens is 400 g/mol. The number of aromatic nitrogens is 1. The molecule has 1 heterocycles. The van der Waals surface area contributed by atoms with E-state index >= 15 is 0 Å². The van der Waals surface area contributed by atoms with Crippen LogP contribution in [0.1, 0.15) is 21.5 Å². The summed E-state index contributed by atoms with van der Waals surface area (Å²) in [6.07, 6.45) is 1.19. The fourth-order valence-corrected chi connectivity index (χ4v) is 4.38. The maximum absolute atomic E-state index is 12.0. The van der Waals surface area contributed by atoms with Gasteiger partial charge in [-0.25, -0.2) is 8.42 Å². The molecule has 0 unspecified atom stereocenters. The molecule has 1 radical (unpaired) electrons. The fourth-order valence-electron chi connectivity index (χ4n) is 3.75. The summed E-state index contributed by atoms with van der Waals surface area (Å²) in [4.78, 5) is 12.3. The molecule has 153 valence electrons. The smallest absolute Gasteiger partial charge is 0.249 e. The number of hydrogen-bond acceptors (Lipinski definition) is 4. The van der Waals surface area contributed by atoms with E-state index in [9.17, 15) is 13.2 Å². The van der Waals surface area contributed by atoms with E-state index in [2.05, 4.69) is 10.6 Å². The second-order valence-corrected chi connectivity index (χ2v) is 9.28. The maximum atomic E-state index is 12.0. The topological polar surface area (TPSA) is 91.4 Å². The second-order valence-electron chi connectivity index (χ2n) is 7.27. The van der Waals surface area contributed by atoms with Crippen molar-refractivity contribution in [1.82, 2.24) is 4.57 Å². The van der Waals surface area contributed by atoms with Gasteiger partial charge in [-0.3, -0.25) is 4.79 Å². The average Bonchev–Trinajstić information content (AvgIpc) is 3.01. The van der Waals surface area contributed by atoms with Crippen molar-refractivity contribution in [2.24, 2.45) is 5.73 Å². The Morgan fingerprint density at radius 3 is 2.47 bits per heavy atom. The number of sulfone groups is 1. The van der Waals surface area contributed by atoms with Crippen LogP contribution in [0.3, 0.4) is 0 Å². The summed E-state index contributed by atoms with van der Waals surface area (Å²) in [5, 5.41) is 1.57. The first-order valence-corrected chi connectivity index (χ1v) is 11.2. The predicted octanol–water partition coefficient (Wildman–Crippen LogP) is 3.29. The molecule has 0 aliphatic carbocycles. The quantitative estimate of drug-likeness (QED) is 0.517. The normalized spacial score (nSPS) is 11.9. The number of carbonyl (C=O) groups excluding carboxylic acids is 1. The molecule has 7 heteroatoms. The third kappa shape index (κ3) is 3.58. The molecule has 0 atom stereocenters. The number of amides is 1. The summed E-state index contributed by atoms with van der Waals surface area (Å²) >= 11 is 0. The van der Waals surface area contributed by atoms with E-state index in [-0.39, 0.29) is 4.90 Å². The molecule has 0 spiro atoms. The molecule has 0 aliphatic heterocycles. The van der Waals surface area contributed by atoms with Crippen molar-refractivity contribution in [2.75, 3.05) is 13.4 Å². The second kappa shape index (κ2) is 7.59. The summed E-state index contributed by atoms with van der Waals surface area (Å²) in [6.45, 7) is 0.941. The lowest BCUT2D eigenvalue weighted by molar-refractivity contribution is 0.100.